The van der Waals surface area contributed by atoms with Crippen molar-refractivity contribution < 1.29 is 9.21 Å². The molecule has 0 N–H and O–H groups in total. The monoisotopic (exact) mass is 287 g/mol. The molecule has 1 aromatic heterocycles. The number of amides is 1. The number of carbonyl (C=O) groups excluding carboxylic acids is 1. The lowest BCUT2D eigenvalue weighted by atomic mass is 9.87. The summed E-state index contributed by atoms with van der Waals surface area (Å²) in [6.45, 7) is 8.40. The summed E-state index contributed by atoms with van der Waals surface area (Å²) in [4.78, 5) is 13.9. The summed E-state index contributed by atoms with van der Waals surface area (Å²) in [5.74, 6) is -0.0250. The van der Waals surface area contributed by atoms with E-state index >= 15 is 0 Å². The Morgan fingerprint density at radius 2 is 2.06 bits per heavy atom. The zero-order chi connectivity index (χ0) is 12.5. The van der Waals surface area contributed by atoms with Gasteiger partial charge in [0.05, 0.1) is 11.8 Å². The highest BCUT2D eigenvalue weighted by Crippen LogP contribution is 2.26. The van der Waals surface area contributed by atoms with Gasteiger partial charge < -0.3 is 9.32 Å². The average Bonchev–Trinajstić information content (AvgIpc) is 2.59. The molecular weight excluding hydrogens is 270 g/mol. The van der Waals surface area contributed by atoms with Crippen molar-refractivity contribution in [1.82, 2.24) is 4.90 Å². The van der Waals surface area contributed by atoms with E-state index in [1.165, 1.54) is 6.26 Å². The molecule has 0 aliphatic carbocycles. The number of hydrogen-bond donors (Lipinski definition) is 0. The predicted octanol–water partition coefficient (Wildman–Crippen LogP) is 3.55. The smallest absolute Gasteiger partial charge is 0.258 e. The molecule has 0 saturated carbocycles. The molecule has 0 bridgehead atoms. The largest absolute Gasteiger partial charge is 0.457 e. The highest BCUT2D eigenvalue weighted by atomic mass is 79.9. The van der Waals surface area contributed by atoms with Crippen molar-refractivity contribution in [2.45, 2.75) is 33.7 Å². The van der Waals surface area contributed by atoms with Gasteiger partial charge in [0.15, 0.2) is 4.67 Å². The summed E-state index contributed by atoms with van der Waals surface area (Å²) >= 11 is 3.22. The third kappa shape index (κ3) is 2.67. The first-order chi connectivity index (χ1) is 7.25. The van der Waals surface area contributed by atoms with Crippen LogP contribution in [0.15, 0.2) is 21.4 Å². The van der Waals surface area contributed by atoms with E-state index in [-0.39, 0.29) is 17.4 Å². The van der Waals surface area contributed by atoms with Crippen LogP contribution in [0.4, 0.5) is 0 Å². The Balaban J connectivity index is 2.88. The summed E-state index contributed by atoms with van der Waals surface area (Å²) in [7, 11) is 1.82. The summed E-state index contributed by atoms with van der Waals surface area (Å²) in [6.07, 6.45) is 1.51. The molecule has 16 heavy (non-hydrogen) atoms. The summed E-state index contributed by atoms with van der Waals surface area (Å²) in [6, 6.07) is 1.83. The lowest BCUT2D eigenvalue weighted by molar-refractivity contribution is 0.0627. The normalized spacial score (nSPS) is 13.6. The van der Waals surface area contributed by atoms with Crippen LogP contribution in [0.3, 0.4) is 0 Å². The molecule has 1 aromatic rings. The van der Waals surface area contributed by atoms with Crippen LogP contribution >= 0.6 is 15.9 Å². The van der Waals surface area contributed by atoms with Gasteiger partial charge in [0.25, 0.3) is 5.91 Å². The number of nitrogens with zero attached hydrogens (tertiary/aromatic N) is 1. The molecule has 4 heteroatoms. The Bertz CT molecular complexity index is 379. The van der Waals surface area contributed by atoms with E-state index in [9.17, 15) is 4.79 Å². The van der Waals surface area contributed by atoms with E-state index in [0.29, 0.717) is 10.2 Å². The molecule has 1 heterocycles. The van der Waals surface area contributed by atoms with Gasteiger partial charge in [-0.1, -0.05) is 20.8 Å². The molecule has 1 atom stereocenters. The van der Waals surface area contributed by atoms with Crippen molar-refractivity contribution >= 4 is 21.8 Å². The van der Waals surface area contributed by atoms with Crippen molar-refractivity contribution in [2.75, 3.05) is 7.05 Å². The second kappa shape index (κ2) is 4.62. The van der Waals surface area contributed by atoms with E-state index in [2.05, 4.69) is 36.7 Å². The van der Waals surface area contributed by atoms with Gasteiger partial charge in [0.2, 0.25) is 0 Å². The van der Waals surface area contributed by atoms with Gasteiger partial charge in [-0.3, -0.25) is 4.79 Å². The first kappa shape index (κ1) is 13.3. The third-order valence-corrected chi connectivity index (χ3v) is 3.62. The van der Waals surface area contributed by atoms with Crippen molar-refractivity contribution in [3.8, 4) is 0 Å². The van der Waals surface area contributed by atoms with Crippen molar-refractivity contribution in [2.24, 2.45) is 5.41 Å². The SMILES string of the molecule is CC(N(C)C(=O)c1ccoc1Br)C(C)(C)C. The molecule has 0 aliphatic heterocycles. The molecule has 0 aliphatic rings. The highest BCUT2D eigenvalue weighted by Gasteiger charge is 2.28. The predicted molar refractivity (Wildman–Crippen MR) is 67.4 cm³/mol. The first-order valence-corrected chi connectivity index (χ1v) is 6.04. The van der Waals surface area contributed by atoms with Crippen molar-refractivity contribution in [1.29, 1.82) is 0 Å². The number of carbonyl (C=O) groups is 1. The molecule has 1 unspecified atom stereocenters. The second-order valence-corrected chi connectivity index (χ2v) is 5.79. The number of furan rings is 1. The topological polar surface area (TPSA) is 33.5 Å². The van der Waals surface area contributed by atoms with Crippen LogP contribution in [0.5, 0.6) is 0 Å². The Morgan fingerprint density at radius 1 is 1.50 bits per heavy atom. The molecule has 1 amide bonds. The summed E-state index contributed by atoms with van der Waals surface area (Å²) in [5.41, 5.74) is 0.624. The molecule has 0 aromatic carbocycles. The Hall–Kier alpha value is -0.770. The van der Waals surface area contributed by atoms with Gasteiger partial charge in [-0.15, -0.1) is 0 Å². The van der Waals surface area contributed by atoms with Crippen LogP contribution in [0.2, 0.25) is 0 Å². The molecule has 3 nitrogen and oxygen atoms in total. The van der Waals surface area contributed by atoms with Gasteiger partial charge in [-0.05, 0) is 34.3 Å². The Labute approximate surface area is 105 Å². The van der Waals surface area contributed by atoms with E-state index in [1.807, 2.05) is 14.0 Å². The molecule has 0 radical (unpaired) electrons. The van der Waals surface area contributed by atoms with E-state index in [0.717, 1.165) is 0 Å². The number of rotatable bonds is 2. The number of hydrogen-bond acceptors (Lipinski definition) is 2. The van der Waals surface area contributed by atoms with Crippen molar-refractivity contribution in [3.63, 3.8) is 0 Å². The van der Waals surface area contributed by atoms with E-state index in [4.69, 9.17) is 4.42 Å². The molecule has 90 valence electrons. The fourth-order valence-electron chi connectivity index (χ4n) is 1.39. The quantitative estimate of drug-likeness (QED) is 0.834. The molecule has 0 fully saturated rings. The van der Waals surface area contributed by atoms with Crippen LogP contribution < -0.4 is 0 Å². The first-order valence-electron chi connectivity index (χ1n) is 5.25. The zero-order valence-electron chi connectivity index (χ0n) is 10.4. The fraction of sp³-hybridized carbons (Fsp3) is 0.583. The maximum absolute atomic E-state index is 12.2. The van der Waals surface area contributed by atoms with Crippen LogP contribution in [0.1, 0.15) is 38.1 Å². The molecule has 1 rings (SSSR count). The average molecular weight is 288 g/mol. The minimum absolute atomic E-state index is 0.0250. The minimum atomic E-state index is -0.0250. The minimum Gasteiger partial charge on any atom is -0.457 e. The lowest BCUT2D eigenvalue weighted by Gasteiger charge is -2.35. The van der Waals surface area contributed by atoms with Gasteiger partial charge >= 0.3 is 0 Å². The standard InChI is InChI=1S/C12H18BrNO2/c1-8(12(2,3)4)14(5)11(15)9-6-7-16-10(9)13/h6-8H,1-5H3. The van der Waals surface area contributed by atoms with Crippen LogP contribution in [0, 0.1) is 5.41 Å². The fourth-order valence-corrected chi connectivity index (χ4v) is 1.80. The molecule has 0 saturated heterocycles. The Morgan fingerprint density at radius 3 is 2.44 bits per heavy atom. The summed E-state index contributed by atoms with van der Waals surface area (Å²) < 4.78 is 5.56. The molecule has 0 spiro atoms. The van der Waals surface area contributed by atoms with E-state index < -0.39 is 0 Å². The maximum Gasteiger partial charge on any atom is 0.258 e. The maximum atomic E-state index is 12.2. The molecular formula is C12H18BrNO2. The van der Waals surface area contributed by atoms with E-state index in [1.54, 1.807) is 11.0 Å². The lowest BCUT2D eigenvalue weighted by Crippen LogP contribution is -2.42. The highest BCUT2D eigenvalue weighted by molar-refractivity contribution is 9.10. The van der Waals surface area contributed by atoms with Gasteiger partial charge in [-0.25, -0.2) is 0 Å². The van der Waals surface area contributed by atoms with Crippen LogP contribution in [-0.4, -0.2) is 23.9 Å². The van der Waals surface area contributed by atoms with Gasteiger partial charge in [0.1, 0.15) is 0 Å². The van der Waals surface area contributed by atoms with Crippen LogP contribution in [0.25, 0.3) is 0 Å². The van der Waals surface area contributed by atoms with Gasteiger partial charge in [0, 0.05) is 13.1 Å². The second-order valence-electron chi connectivity index (χ2n) is 5.07. The number of halogens is 1. The zero-order valence-corrected chi connectivity index (χ0v) is 12.0. The third-order valence-electron chi connectivity index (χ3n) is 3.00. The van der Waals surface area contributed by atoms with Crippen LogP contribution in [-0.2, 0) is 0 Å². The Kier molecular flexibility index (Phi) is 3.84. The summed E-state index contributed by atoms with van der Waals surface area (Å²) in [5, 5.41) is 0. The van der Waals surface area contributed by atoms with Gasteiger partial charge in [-0.2, -0.15) is 0 Å². The van der Waals surface area contributed by atoms with Crippen molar-refractivity contribution in [3.05, 3.63) is 22.6 Å².